The van der Waals surface area contributed by atoms with E-state index in [1.165, 1.54) is 6.92 Å². The molecule has 28 heavy (non-hydrogen) atoms. The van der Waals surface area contributed by atoms with E-state index in [1.54, 1.807) is 36.4 Å². The predicted molar refractivity (Wildman–Crippen MR) is 103 cm³/mol. The van der Waals surface area contributed by atoms with Gasteiger partial charge in [-0.15, -0.1) is 0 Å². The Balaban J connectivity index is 1.72. The number of ether oxygens (including phenoxy) is 3. The van der Waals surface area contributed by atoms with Gasteiger partial charge < -0.3 is 19.5 Å². The smallest absolute Gasteiger partial charge is 0.231 e. The molecule has 6 heteroatoms. The fourth-order valence-corrected chi connectivity index (χ4v) is 3.06. The number of fused-ring (bicyclic) bond motifs is 1. The molecule has 0 aliphatic carbocycles. The first-order valence-electron chi connectivity index (χ1n) is 8.81. The first-order valence-corrected chi connectivity index (χ1v) is 8.81. The molecule has 4 rings (SSSR count). The van der Waals surface area contributed by atoms with Gasteiger partial charge in [0.05, 0.1) is 5.69 Å². The van der Waals surface area contributed by atoms with Gasteiger partial charge in [0.15, 0.2) is 23.1 Å². The number of carbonyl (C=O) groups is 1. The van der Waals surface area contributed by atoms with Crippen molar-refractivity contribution in [3.8, 4) is 23.0 Å². The number of benzene rings is 3. The zero-order chi connectivity index (χ0) is 19.5. The van der Waals surface area contributed by atoms with Gasteiger partial charge in [0.2, 0.25) is 12.7 Å². The van der Waals surface area contributed by atoms with Gasteiger partial charge in [-0.2, -0.15) is 0 Å². The lowest BCUT2D eigenvalue weighted by molar-refractivity contribution is -0.114. The molecule has 0 saturated heterocycles. The Morgan fingerprint density at radius 3 is 2.64 bits per heavy atom. The summed E-state index contributed by atoms with van der Waals surface area (Å²) in [6, 6.07) is 17.7. The minimum absolute atomic E-state index is 0.0244. The van der Waals surface area contributed by atoms with Gasteiger partial charge in [-0.3, -0.25) is 4.79 Å². The second-order valence-corrected chi connectivity index (χ2v) is 6.34. The molecule has 0 bridgehead atoms. The lowest BCUT2D eigenvalue weighted by Crippen LogP contribution is -2.09. The van der Waals surface area contributed by atoms with Crippen molar-refractivity contribution in [1.29, 1.82) is 0 Å². The molecule has 5 nitrogen and oxygen atoms in total. The summed E-state index contributed by atoms with van der Waals surface area (Å²) < 4.78 is 32.0. The number of nitrogens with one attached hydrogen (secondary N) is 1. The molecular formula is C22H18FNO4. The summed E-state index contributed by atoms with van der Waals surface area (Å²) in [5, 5.41) is 2.62. The molecule has 0 radical (unpaired) electrons. The predicted octanol–water partition coefficient (Wildman–Crippen LogP) is 4.90. The second-order valence-electron chi connectivity index (χ2n) is 6.34. The van der Waals surface area contributed by atoms with Crippen LogP contribution in [0.25, 0.3) is 0 Å². The Morgan fingerprint density at radius 1 is 1.04 bits per heavy atom. The van der Waals surface area contributed by atoms with E-state index in [0.29, 0.717) is 29.2 Å². The highest BCUT2D eigenvalue weighted by Crippen LogP contribution is 2.39. The summed E-state index contributed by atoms with van der Waals surface area (Å²) in [6.07, 6.45) is 0.296. The molecule has 142 valence electrons. The first kappa shape index (κ1) is 17.9. The molecule has 1 aliphatic rings. The van der Waals surface area contributed by atoms with Gasteiger partial charge in [-0.25, -0.2) is 4.39 Å². The number of carbonyl (C=O) groups excluding carboxylic acids is 1. The Bertz CT molecular complexity index is 1020. The fourth-order valence-electron chi connectivity index (χ4n) is 3.06. The quantitative estimate of drug-likeness (QED) is 0.685. The van der Waals surface area contributed by atoms with Crippen LogP contribution in [0.3, 0.4) is 0 Å². The average molecular weight is 379 g/mol. The summed E-state index contributed by atoms with van der Waals surface area (Å²) in [5.41, 5.74) is 1.51. The van der Waals surface area contributed by atoms with E-state index in [2.05, 4.69) is 5.32 Å². The summed E-state index contributed by atoms with van der Waals surface area (Å²) >= 11 is 0. The number of hydrogen-bond donors (Lipinski definition) is 1. The summed E-state index contributed by atoms with van der Waals surface area (Å²) in [6.45, 7) is 1.52. The van der Waals surface area contributed by atoms with Crippen LogP contribution in [0.5, 0.6) is 23.0 Å². The van der Waals surface area contributed by atoms with Crippen molar-refractivity contribution in [3.63, 3.8) is 0 Å². The van der Waals surface area contributed by atoms with E-state index >= 15 is 4.39 Å². The Hall–Kier alpha value is -3.54. The van der Waals surface area contributed by atoms with Gasteiger partial charge in [0.25, 0.3) is 0 Å². The van der Waals surface area contributed by atoms with Crippen LogP contribution < -0.4 is 19.5 Å². The first-order chi connectivity index (χ1) is 13.6. The van der Waals surface area contributed by atoms with E-state index in [1.807, 2.05) is 24.3 Å². The van der Waals surface area contributed by atoms with E-state index < -0.39 is 5.82 Å². The normalized spacial score (nSPS) is 11.9. The molecule has 1 heterocycles. The summed E-state index contributed by atoms with van der Waals surface area (Å²) in [5.74, 6) is 0.876. The third-order valence-corrected chi connectivity index (χ3v) is 4.31. The van der Waals surface area contributed by atoms with E-state index in [-0.39, 0.29) is 24.1 Å². The van der Waals surface area contributed by atoms with E-state index in [4.69, 9.17) is 14.2 Å². The van der Waals surface area contributed by atoms with Crippen LogP contribution in [-0.4, -0.2) is 12.7 Å². The average Bonchev–Trinajstić information content (AvgIpc) is 3.17. The monoisotopic (exact) mass is 379 g/mol. The third-order valence-electron chi connectivity index (χ3n) is 4.31. The minimum Gasteiger partial charge on any atom is -0.454 e. The molecular weight excluding hydrogens is 361 g/mol. The van der Waals surface area contributed by atoms with Crippen molar-refractivity contribution in [1.82, 2.24) is 0 Å². The van der Waals surface area contributed by atoms with Crippen molar-refractivity contribution < 1.29 is 23.4 Å². The largest absolute Gasteiger partial charge is 0.454 e. The molecule has 0 unspecified atom stereocenters. The highest BCUT2D eigenvalue weighted by Gasteiger charge is 2.21. The zero-order valence-electron chi connectivity index (χ0n) is 15.2. The second kappa shape index (κ2) is 7.60. The third kappa shape index (κ3) is 3.62. The molecule has 0 fully saturated rings. The number of anilines is 1. The van der Waals surface area contributed by atoms with Gasteiger partial charge in [-0.05, 0) is 29.8 Å². The van der Waals surface area contributed by atoms with Crippen molar-refractivity contribution in [2.45, 2.75) is 13.3 Å². The number of rotatable bonds is 5. The summed E-state index contributed by atoms with van der Waals surface area (Å²) in [7, 11) is 0. The maximum atomic E-state index is 15.4. The van der Waals surface area contributed by atoms with Crippen LogP contribution in [0.2, 0.25) is 0 Å². The molecule has 0 aromatic heterocycles. The molecule has 1 aliphatic heterocycles. The topological polar surface area (TPSA) is 56.8 Å². The molecule has 0 spiro atoms. The Labute approximate surface area is 161 Å². The van der Waals surface area contributed by atoms with E-state index in [9.17, 15) is 4.79 Å². The highest BCUT2D eigenvalue weighted by atomic mass is 19.1. The number of hydrogen-bond acceptors (Lipinski definition) is 4. The molecule has 0 atom stereocenters. The van der Waals surface area contributed by atoms with Crippen molar-refractivity contribution in [3.05, 3.63) is 77.6 Å². The van der Waals surface area contributed by atoms with Crippen LogP contribution in [0.15, 0.2) is 60.7 Å². The Morgan fingerprint density at radius 2 is 1.86 bits per heavy atom. The van der Waals surface area contributed by atoms with Crippen LogP contribution in [-0.2, 0) is 11.2 Å². The lowest BCUT2D eigenvalue weighted by atomic mass is 10.0. The molecule has 3 aromatic rings. The van der Waals surface area contributed by atoms with Gasteiger partial charge >= 0.3 is 0 Å². The van der Waals surface area contributed by atoms with Crippen molar-refractivity contribution >= 4 is 11.6 Å². The van der Waals surface area contributed by atoms with Crippen LogP contribution in [0, 0.1) is 5.82 Å². The maximum Gasteiger partial charge on any atom is 0.231 e. The van der Waals surface area contributed by atoms with Gasteiger partial charge in [0.1, 0.15) is 5.75 Å². The fraction of sp³-hybridized carbons (Fsp3) is 0.136. The van der Waals surface area contributed by atoms with Gasteiger partial charge in [-0.1, -0.05) is 36.4 Å². The van der Waals surface area contributed by atoms with E-state index in [0.717, 1.165) is 5.56 Å². The minimum atomic E-state index is -0.536. The molecule has 3 aromatic carbocycles. The van der Waals surface area contributed by atoms with Gasteiger partial charge in [0, 0.05) is 18.9 Å². The molecule has 0 saturated carbocycles. The zero-order valence-corrected chi connectivity index (χ0v) is 15.2. The van der Waals surface area contributed by atoms with Crippen molar-refractivity contribution in [2.75, 3.05) is 12.1 Å². The maximum absolute atomic E-state index is 15.4. The van der Waals surface area contributed by atoms with Crippen LogP contribution in [0.4, 0.5) is 10.1 Å². The standard InChI is InChI=1S/C22H18FNO4/c1-14(25)24-18-11-10-15(12-16-6-5-9-19-21(16)27-13-26-19)20(23)22(18)28-17-7-3-2-4-8-17/h2-11H,12-13H2,1H3,(H,24,25). The number of para-hydroxylation sites is 2. The van der Waals surface area contributed by atoms with Crippen LogP contribution in [0.1, 0.15) is 18.1 Å². The number of amides is 1. The summed E-state index contributed by atoms with van der Waals surface area (Å²) in [4.78, 5) is 11.5. The highest BCUT2D eigenvalue weighted by molar-refractivity contribution is 5.90. The van der Waals surface area contributed by atoms with Crippen LogP contribution >= 0.6 is 0 Å². The molecule has 1 amide bonds. The number of halogens is 1. The van der Waals surface area contributed by atoms with Crippen molar-refractivity contribution in [2.24, 2.45) is 0 Å². The SMILES string of the molecule is CC(=O)Nc1ccc(Cc2cccc3c2OCO3)c(F)c1Oc1ccccc1. The molecule has 1 N–H and O–H groups in total. The lowest BCUT2D eigenvalue weighted by Gasteiger charge is -2.15. The Kier molecular flexibility index (Phi) is 4.85.